The highest BCUT2D eigenvalue weighted by Crippen LogP contribution is 2.31. The van der Waals surface area contributed by atoms with Crippen LogP contribution in [0.25, 0.3) is 6.08 Å². The van der Waals surface area contributed by atoms with E-state index in [1.165, 1.54) is 0 Å². The first kappa shape index (κ1) is 24.3. The maximum absolute atomic E-state index is 12.6. The van der Waals surface area contributed by atoms with Crippen molar-refractivity contribution in [2.45, 2.75) is 52.7 Å². The molecule has 3 aromatic rings. The monoisotopic (exact) mass is 442 g/mol. The Hall–Kier alpha value is -3.33. The van der Waals surface area contributed by atoms with Crippen molar-refractivity contribution in [3.05, 3.63) is 102 Å². The Morgan fingerprint density at radius 3 is 2.00 bits per heavy atom. The summed E-state index contributed by atoms with van der Waals surface area (Å²) in [5.74, 6) is 1.65. The number of benzene rings is 3. The summed E-state index contributed by atoms with van der Waals surface area (Å²) in [5.41, 5.74) is 3.10. The molecule has 3 aromatic carbocycles. The molecule has 0 bridgehead atoms. The standard InChI is InChI=1S/C30H34O3/c1-3-5-16-27(4-2)28(31)19-17-24-18-20-29(32-22-25-12-8-6-9-13-25)30(21-24)33-23-26-14-10-7-11-15-26/h6-15,17-21,27H,3-5,16,22-23H2,1-2H3. The van der Waals surface area contributed by atoms with E-state index in [1.807, 2.05) is 84.9 Å². The van der Waals surface area contributed by atoms with Gasteiger partial charge in [-0.2, -0.15) is 0 Å². The lowest BCUT2D eigenvalue weighted by Crippen LogP contribution is -2.10. The van der Waals surface area contributed by atoms with Gasteiger partial charge in [-0.15, -0.1) is 0 Å². The molecule has 0 spiro atoms. The summed E-state index contributed by atoms with van der Waals surface area (Å²) in [6.45, 7) is 5.15. The molecule has 3 rings (SSSR count). The molecule has 0 aliphatic carbocycles. The van der Waals surface area contributed by atoms with Crippen LogP contribution in [0, 0.1) is 5.92 Å². The van der Waals surface area contributed by atoms with Gasteiger partial charge in [0.25, 0.3) is 0 Å². The van der Waals surface area contributed by atoms with Crippen LogP contribution in [0.1, 0.15) is 56.2 Å². The number of ketones is 1. The Morgan fingerprint density at radius 2 is 1.42 bits per heavy atom. The normalized spacial score (nSPS) is 11.9. The van der Waals surface area contributed by atoms with Gasteiger partial charge in [0.1, 0.15) is 13.2 Å². The number of carbonyl (C=O) groups excluding carboxylic acids is 1. The topological polar surface area (TPSA) is 35.5 Å². The van der Waals surface area contributed by atoms with Crippen molar-refractivity contribution in [1.82, 2.24) is 0 Å². The van der Waals surface area contributed by atoms with Gasteiger partial charge in [-0.05, 0) is 47.7 Å². The average molecular weight is 443 g/mol. The predicted molar refractivity (Wildman–Crippen MR) is 135 cm³/mol. The SMILES string of the molecule is CCCCC(CC)C(=O)C=Cc1ccc(OCc2ccccc2)c(OCc2ccccc2)c1. The quantitative estimate of drug-likeness (QED) is 0.255. The predicted octanol–water partition coefficient (Wildman–Crippen LogP) is 7.64. The fraction of sp³-hybridized carbons (Fsp3) is 0.300. The van der Waals surface area contributed by atoms with E-state index in [1.54, 1.807) is 6.08 Å². The van der Waals surface area contributed by atoms with Crippen molar-refractivity contribution in [2.24, 2.45) is 5.92 Å². The molecule has 0 N–H and O–H groups in total. The summed E-state index contributed by atoms with van der Waals surface area (Å²) in [5, 5.41) is 0. The van der Waals surface area contributed by atoms with Crippen LogP contribution in [-0.2, 0) is 18.0 Å². The van der Waals surface area contributed by atoms with Crippen molar-refractivity contribution >= 4 is 11.9 Å². The maximum Gasteiger partial charge on any atom is 0.162 e. The van der Waals surface area contributed by atoms with Crippen LogP contribution in [-0.4, -0.2) is 5.78 Å². The lowest BCUT2D eigenvalue weighted by molar-refractivity contribution is -0.118. The van der Waals surface area contributed by atoms with E-state index in [4.69, 9.17) is 9.47 Å². The number of rotatable bonds is 13. The second-order valence-corrected chi connectivity index (χ2v) is 8.24. The molecule has 0 aliphatic rings. The molecule has 3 heteroatoms. The highest BCUT2D eigenvalue weighted by Gasteiger charge is 2.13. The molecule has 33 heavy (non-hydrogen) atoms. The Kier molecular flexibility index (Phi) is 9.78. The number of carbonyl (C=O) groups is 1. The van der Waals surface area contributed by atoms with Gasteiger partial charge < -0.3 is 9.47 Å². The number of ether oxygens (including phenoxy) is 2. The average Bonchev–Trinajstić information content (AvgIpc) is 2.87. The third-order valence-corrected chi connectivity index (χ3v) is 5.68. The molecular weight excluding hydrogens is 408 g/mol. The second-order valence-electron chi connectivity index (χ2n) is 8.24. The molecule has 0 saturated heterocycles. The molecule has 0 radical (unpaired) electrons. The van der Waals surface area contributed by atoms with Crippen molar-refractivity contribution in [3.8, 4) is 11.5 Å². The van der Waals surface area contributed by atoms with Gasteiger partial charge in [0, 0.05) is 5.92 Å². The first-order valence-corrected chi connectivity index (χ1v) is 11.9. The molecule has 0 saturated carbocycles. The van der Waals surface area contributed by atoms with E-state index < -0.39 is 0 Å². The Bertz CT molecular complexity index is 1010. The lowest BCUT2D eigenvalue weighted by atomic mass is 9.94. The van der Waals surface area contributed by atoms with E-state index >= 15 is 0 Å². The molecule has 0 fully saturated rings. The number of hydrogen-bond acceptors (Lipinski definition) is 3. The van der Waals surface area contributed by atoms with Crippen molar-refractivity contribution < 1.29 is 14.3 Å². The highest BCUT2D eigenvalue weighted by molar-refractivity contribution is 5.95. The largest absolute Gasteiger partial charge is 0.485 e. The van der Waals surface area contributed by atoms with Gasteiger partial charge in [0.15, 0.2) is 17.3 Å². The Morgan fingerprint density at radius 1 is 0.818 bits per heavy atom. The first-order chi connectivity index (χ1) is 16.2. The van der Waals surface area contributed by atoms with Crippen LogP contribution in [0.4, 0.5) is 0 Å². The van der Waals surface area contributed by atoms with Gasteiger partial charge in [-0.25, -0.2) is 0 Å². The zero-order valence-corrected chi connectivity index (χ0v) is 19.7. The number of unbranched alkanes of at least 4 members (excludes halogenated alkanes) is 1. The highest BCUT2D eigenvalue weighted by atomic mass is 16.5. The number of allylic oxidation sites excluding steroid dienone is 1. The third kappa shape index (κ3) is 7.94. The third-order valence-electron chi connectivity index (χ3n) is 5.68. The van der Waals surface area contributed by atoms with Crippen LogP contribution in [0.5, 0.6) is 11.5 Å². The van der Waals surface area contributed by atoms with Crippen LogP contribution in [0.15, 0.2) is 84.9 Å². The van der Waals surface area contributed by atoms with Crippen LogP contribution >= 0.6 is 0 Å². The summed E-state index contributed by atoms with van der Waals surface area (Å²) in [6, 6.07) is 26.0. The van der Waals surface area contributed by atoms with Gasteiger partial charge >= 0.3 is 0 Å². The maximum atomic E-state index is 12.6. The minimum absolute atomic E-state index is 0.100. The zero-order valence-electron chi connectivity index (χ0n) is 19.7. The molecule has 0 aliphatic heterocycles. The van der Waals surface area contributed by atoms with Crippen LogP contribution in [0.2, 0.25) is 0 Å². The Balaban J connectivity index is 1.75. The molecule has 0 aromatic heterocycles. The molecule has 3 nitrogen and oxygen atoms in total. The minimum Gasteiger partial charge on any atom is -0.485 e. The smallest absolute Gasteiger partial charge is 0.162 e. The molecule has 172 valence electrons. The van der Waals surface area contributed by atoms with Crippen LogP contribution in [0.3, 0.4) is 0 Å². The molecule has 1 atom stereocenters. The minimum atomic E-state index is 0.100. The van der Waals surface area contributed by atoms with Gasteiger partial charge in [-0.1, -0.05) is 99.5 Å². The molecule has 1 unspecified atom stereocenters. The van der Waals surface area contributed by atoms with E-state index in [9.17, 15) is 4.79 Å². The van der Waals surface area contributed by atoms with E-state index in [-0.39, 0.29) is 11.7 Å². The molecular formula is C30H34O3. The molecule has 0 heterocycles. The first-order valence-electron chi connectivity index (χ1n) is 11.9. The second kappa shape index (κ2) is 13.3. The zero-order chi connectivity index (χ0) is 23.3. The summed E-state index contributed by atoms with van der Waals surface area (Å²) in [7, 11) is 0. The number of hydrogen-bond donors (Lipinski definition) is 0. The van der Waals surface area contributed by atoms with E-state index in [0.29, 0.717) is 24.7 Å². The van der Waals surface area contributed by atoms with Crippen LogP contribution < -0.4 is 9.47 Å². The van der Waals surface area contributed by atoms with Gasteiger partial charge in [0.05, 0.1) is 0 Å². The fourth-order valence-corrected chi connectivity index (χ4v) is 3.64. The van der Waals surface area contributed by atoms with Crippen molar-refractivity contribution in [3.63, 3.8) is 0 Å². The van der Waals surface area contributed by atoms with Gasteiger partial charge in [-0.3, -0.25) is 4.79 Å². The summed E-state index contributed by atoms with van der Waals surface area (Å²) in [4.78, 5) is 12.6. The van der Waals surface area contributed by atoms with Crippen molar-refractivity contribution in [2.75, 3.05) is 0 Å². The van der Waals surface area contributed by atoms with E-state index in [0.717, 1.165) is 42.4 Å². The van der Waals surface area contributed by atoms with Crippen molar-refractivity contribution in [1.29, 1.82) is 0 Å². The lowest BCUT2D eigenvalue weighted by Gasteiger charge is -2.14. The Labute approximate surface area is 198 Å². The summed E-state index contributed by atoms with van der Waals surface area (Å²) < 4.78 is 12.2. The van der Waals surface area contributed by atoms with E-state index in [2.05, 4.69) is 13.8 Å². The fourth-order valence-electron chi connectivity index (χ4n) is 3.64. The summed E-state index contributed by atoms with van der Waals surface area (Å²) in [6.07, 6.45) is 7.62. The summed E-state index contributed by atoms with van der Waals surface area (Å²) >= 11 is 0. The van der Waals surface area contributed by atoms with Gasteiger partial charge in [0.2, 0.25) is 0 Å². The molecule has 0 amide bonds.